The van der Waals surface area contributed by atoms with Crippen LogP contribution in [-0.4, -0.2) is 37.2 Å². The molecule has 1 heterocycles. The minimum atomic E-state index is -1.09. The van der Waals surface area contributed by atoms with Crippen molar-refractivity contribution in [1.82, 2.24) is 10.6 Å². The van der Waals surface area contributed by atoms with Gasteiger partial charge in [-0.25, -0.2) is 9.59 Å². The molecule has 2 N–H and O–H groups in total. The lowest BCUT2D eigenvalue weighted by molar-refractivity contribution is -0.385. The van der Waals surface area contributed by atoms with Gasteiger partial charge in [0.25, 0.3) is 5.69 Å². The van der Waals surface area contributed by atoms with Crippen molar-refractivity contribution >= 4 is 17.7 Å². The smallest absolute Gasteiger partial charge is 0.338 e. The van der Waals surface area contributed by atoms with Crippen LogP contribution in [0.2, 0.25) is 0 Å². The van der Waals surface area contributed by atoms with E-state index >= 15 is 0 Å². The number of rotatable bonds is 9. The van der Waals surface area contributed by atoms with Gasteiger partial charge in [-0.3, -0.25) is 10.1 Å². The molecule has 10 heteroatoms. The molecule has 1 aliphatic heterocycles. The van der Waals surface area contributed by atoms with E-state index in [0.29, 0.717) is 18.7 Å². The summed E-state index contributed by atoms with van der Waals surface area (Å²) in [4.78, 5) is 36.3. The average Bonchev–Trinajstić information content (AvgIpc) is 2.70. The zero-order valence-corrected chi connectivity index (χ0v) is 17.7. The average molecular weight is 421 g/mol. The molecule has 2 rings (SSSR count). The number of carbonyl (C=O) groups excluding carboxylic acids is 2. The topological polar surface area (TPSA) is 129 Å². The number of hydrogen-bond acceptors (Lipinski definition) is 7. The lowest BCUT2D eigenvalue weighted by atomic mass is 9.90. The van der Waals surface area contributed by atoms with E-state index < -0.39 is 23.0 Å². The van der Waals surface area contributed by atoms with Gasteiger partial charge in [-0.1, -0.05) is 20.8 Å². The molecule has 0 fully saturated rings. The Morgan fingerprint density at radius 3 is 2.50 bits per heavy atom. The molecule has 10 nitrogen and oxygen atoms in total. The summed E-state index contributed by atoms with van der Waals surface area (Å²) in [6.45, 7) is 7.66. The summed E-state index contributed by atoms with van der Waals surface area (Å²) < 4.78 is 16.1. The fourth-order valence-electron chi connectivity index (χ4n) is 3.15. The summed E-state index contributed by atoms with van der Waals surface area (Å²) in [5, 5.41) is 17.0. The number of nitro benzene ring substituents is 1. The van der Waals surface area contributed by atoms with Gasteiger partial charge in [-0.2, -0.15) is 0 Å². The molecule has 1 atom stereocenters. The van der Waals surface area contributed by atoms with E-state index in [1.807, 2.05) is 6.92 Å². The normalized spacial score (nSPS) is 16.1. The number of carbonyl (C=O) groups is 2. The van der Waals surface area contributed by atoms with Gasteiger partial charge in [0.15, 0.2) is 11.5 Å². The molecule has 1 aromatic carbocycles. The number of esters is 1. The molecular formula is C20H27N3O7. The van der Waals surface area contributed by atoms with E-state index in [0.717, 1.165) is 0 Å². The van der Waals surface area contributed by atoms with Crippen LogP contribution >= 0.6 is 0 Å². The first kappa shape index (κ1) is 23.0. The number of nitro groups is 1. The number of benzene rings is 1. The summed E-state index contributed by atoms with van der Waals surface area (Å²) in [6.07, 6.45) is 0.713. The van der Waals surface area contributed by atoms with Crippen LogP contribution in [-0.2, 0) is 9.53 Å². The van der Waals surface area contributed by atoms with Crippen molar-refractivity contribution in [3.05, 3.63) is 39.1 Å². The zero-order valence-electron chi connectivity index (χ0n) is 17.7. The SMILES string of the molecule is CCCOc1cc(C2NC(=O)NC(C(C)C)=C2C(=O)OCC)c([N+](=O)[O-])cc1OC. The van der Waals surface area contributed by atoms with Crippen molar-refractivity contribution < 1.29 is 28.7 Å². The van der Waals surface area contributed by atoms with Crippen molar-refractivity contribution in [2.75, 3.05) is 20.3 Å². The van der Waals surface area contributed by atoms with Gasteiger partial charge in [0, 0.05) is 5.70 Å². The Kier molecular flexibility index (Phi) is 7.62. The highest BCUT2D eigenvalue weighted by Gasteiger charge is 2.38. The number of methoxy groups -OCH3 is 1. The van der Waals surface area contributed by atoms with Gasteiger partial charge in [0.05, 0.1) is 48.5 Å². The van der Waals surface area contributed by atoms with Crippen molar-refractivity contribution in [2.24, 2.45) is 5.92 Å². The first-order valence-electron chi connectivity index (χ1n) is 9.72. The van der Waals surface area contributed by atoms with Crippen molar-refractivity contribution in [2.45, 2.75) is 40.2 Å². The summed E-state index contributed by atoms with van der Waals surface area (Å²) in [7, 11) is 1.38. The zero-order chi connectivity index (χ0) is 22.4. The lowest BCUT2D eigenvalue weighted by Gasteiger charge is -2.31. The molecule has 0 saturated carbocycles. The maximum absolute atomic E-state index is 12.8. The van der Waals surface area contributed by atoms with Crippen molar-refractivity contribution in [3.8, 4) is 11.5 Å². The molecule has 0 bridgehead atoms. The molecular weight excluding hydrogens is 394 g/mol. The second kappa shape index (κ2) is 9.95. The van der Waals surface area contributed by atoms with E-state index in [2.05, 4.69) is 10.6 Å². The van der Waals surface area contributed by atoms with Crippen LogP contribution < -0.4 is 20.1 Å². The van der Waals surface area contributed by atoms with E-state index in [1.54, 1.807) is 20.8 Å². The fourth-order valence-corrected chi connectivity index (χ4v) is 3.15. The second-order valence-electron chi connectivity index (χ2n) is 6.90. The van der Waals surface area contributed by atoms with Gasteiger partial charge < -0.3 is 24.8 Å². The minimum Gasteiger partial charge on any atom is -0.493 e. The van der Waals surface area contributed by atoms with E-state index in [9.17, 15) is 19.7 Å². The monoisotopic (exact) mass is 421 g/mol. The number of amides is 2. The predicted molar refractivity (Wildman–Crippen MR) is 108 cm³/mol. The molecule has 2 amide bonds. The minimum absolute atomic E-state index is 0.1000. The maximum Gasteiger partial charge on any atom is 0.338 e. The van der Waals surface area contributed by atoms with Gasteiger partial charge in [0.2, 0.25) is 0 Å². The molecule has 0 spiro atoms. The van der Waals surface area contributed by atoms with Crippen LogP contribution in [0.15, 0.2) is 23.4 Å². The first-order valence-corrected chi connectivity index (χ1v) is 9.72. The Balaban J connectivity index is 2.75. The number of nitrogens with one attached hydrogen (secondary N) is 2. The van der Waals surface area contributed by atoms with E-state index in [-0.39, 0.29) is 40.8 Å². The number of hydrogen-bond donors (Lipinski definition) is 2. The summed E-state index contributed by atoms with van der Waals surface area (Å²) in [5.41, 5.74) is 0.250. The quantitative estimate of drug-likeness (QED) is 0.356. The van der Waals surface area contributed by atoms with Crippen LogP contribution in [0.4, 0.5) is 10.5 Å². The van der Waals surface area contributed by atoms with Gasteiger partial charge in [-0.05, 0) is 25.3 Å². The van der Waals surface area contributed by atoms with Crippen LogP contribution in [0.1, 0.15) is 45.7 Å². The third-order valence-electron chi connectivity index (χ3n) is 4.46. The third-order valence-corrected chi connectivity index (χ3v) is 4.46. The highest BCUT2D eigenvalue weighted by atomic mass is 16.6. The van der Waals surface area contributed by atoms with Crippen molar-refractivity contribution in [3.63, 3.8) is 0 Å². The number of ether oxygens (including phenoxy) is 3. The van der Waals surface area contributed by atoms with E-state index in [1.165, 1.54) is 19.2 Å². The highest BCUT2D eigenvalue weighted by Crippen LogP contribution is 2.41. The Hall–Kier alpha value is -3.30. The summed E-state index contributed by atoms with van der Waals surface area (Å²) in [5.74, 6) is -0.433. The maximum atomic E-state index is 12.8. The number of urea groups is 1. The van der Waals surface area contributed by atoms with Gasteiger partial charge in [0.1, 0.15) is 0 Å². The second-order valence-corrected chi connectivity index (χ2v) is 6.90. The molecule has 1 aliphatic rings. The molecule has 30 heavy (non-hydrogen) atoms. The van der Waals surface area contributed by atoms with Crippen molar-refractivity contribution in [1.29, 1.82) is 0 Å². The molecule has 0 saturated heterocycles. The molecule has 0 radical (unpaired) electrons. The fraction of sp³-hybridized carbons (Fsp3) is 0.500. The molecule has 164 valence electrons. The number of allylic oxidation sites excluding steroid dienone is 1. The standard InChI is InChI=1S/C20H27N3O7/c1-6-8-30-15-9-12(13(23(26)27)10-14(15)28-5)18-16(19(24)29-7-2)17(11(3)4)21-20(25)22-18/h9-11,18H,6-8H2,1-5H3,(H2,21,22,25). The Morgan fingerprint density at radius 2 is 1.97 bits per heavy atom. The van der Waals surface area contributed by atoms with Crippen LogP contribution in [0.25, 0.3) is 0 Å². The Morgan fingerprint density at radius 1 is 1.27 bits per heavy atom. The Bertz CT molecular complexity index is 864. The van der Waals surface area contributed by atoms with Crippen LogP contribution in [0.3, 0.4) is 0 Å². The first-order chi connectivity index (χ1) is 14.2. The molecule has 1 unspecified atom stereocenters. The third kappa shape index (κ3) is 4.81. The predicted octanol–water partition coefficient (Wildman–Crippen LogP) is 3.22. The van der Waals surface area contributed by atoms with Gasteiger partial charge in [-0.15, -0.1) is 0 Å². The lowest BCUT2D eigenvalue weighted by Crippen LogP contribution is -2.47. The summed E-state index contributed by atoms with van der Waals surface area (Å²) >= 11 is 0. The summed E-state index contributed by atoms with van der Waals surface area (Å²) in [6, 6.07) is 0.996. The number of nitrogens with zero attached hydrogens (tertiary/aromatic N) is 1. The molecule has 0 aliphatic carbocycles. The highest BCUT2D eigenvalue weighted by molar-refractivity contribution is 5.95. The van der Waals surface area contributed by atoms with Crippen LogP contribution in [0.5, 0.6) is 11.5 Å². The Labute approximate surface area is 174 Å². The van der Waals surface area contributed by atoms with Gasteiger partial charge >= 0.3 is 12.0 Å². The largest absolute Gasteiger partial charge is 0.493 e. The molecule has 1 aromatic rings. The van der Waals surface area contributed by atoms with Crippen LogP contribution in [0, 0.1) is 16.0 Å². The van der Waals surface area contributed by atoms with E-state index in [4.69, 9.17) is 14.2 Å². The molecule has 0 aromatic heterocycles.